The summed E-state index contributed by atoms with van der Waals surface area (Å²) in [4.78, 5) is 23.7. The number of sulfonamides is 1. The first kappa shape index (κ1) is 15.5. The van der Waals surface area contributed by atoms with Crippen molar-refractivity contribution in [2.24, 2.45) is 5.41 Å². The van der Waals surface area contributed by atoms with Crippen LogP contribution >= 0.6 is 0 Å². The van der Waals surface area contributed by atoms with Crippen LogP contribution < -0.4 is 0 Å². The highest BCUT2D eigenvalue weighted by atomic mass is 32.2. The number of ether oxygens (including phenoxy) is 1. The maximum atomic E-state index is 12.2. The highest BCUT2D eigenvalue weighted by Crippen LogP contribution is 2.29. The van der Waals surface area contributed by atoms with Gasteiger partial charge in [0.25, 0.3) is 15.9 Å². The number of benzene rings is 1. The molecule has 0 fully saturated rings. The highest BCUT2D eigenvalue weighted by Gasteiger charge is 2.40. The second-order valence-electron chi connectivity index (χ2n) is 5.76. The van der Waals surface area contributed by atoms with Crippen LogP contribution in [0.4, 0.5) is 0 Å². The van der Waals surface area contributed by atoms with Crippen LogP contribution in [0.1, 0.15) is 31.1 Å². The predicted octanol–water partition coefficient (Wildman–Crippen LogP) is 1.42. The molecule has 0 N–H and O–H groups in total. The lowest BCUT2D eigenvalue weighted by Gasteiger charge is -2.19. The third kappa shape index (κ3) is 2.78. The highest BCUT2D eigenvalue weighted by molar-refractivity contribution is 7.90. The smallest absolute Gasteiger partial charge is 0.311 e. The molecule has 0 saturated carbocycles. The van der Waals surface area contributed by atoms with Crippen molar-refractivity contribution in [3.8, 4) is 0 Å². The van der Waals surface area contributed by atoms with Gasteiger partial charge in [0.2, 0.25) is 0 Å². The Hall–Kier alpha value is -1.89. The second kappa shape index (κ2) is 5.14. The van der Waals surface area contributed by atoms with Crippen LogP contribution in [0, 0.1) is 5.41 Å². The SMILES string of the molecule is CC(C)(C)C(=O)OCCN1C(=O)c2ccccc2S1(=O)=O. The first-order valence-corrected chi connectivity index (χ1v) is 7.93. The number of hydrogen-bond acceptors (Lipinski definition) is 5. The van der Waals surface area contributed by atoms with E-state index in [9.17, 15) is 18.0 Å². The maximum Gasteiger partial charge on any atom is 0.311 e. The molecular weight excluding hydrogens is 294 g/mol. The summed E-state index contributed by atoms with van der Waals surface area (Å²) < 4.78 is 30.2. The average molecular weight is 311 g/mol. The van der Waals surface area contributed by atoms with Gasteiger partial charge in [0, 0.05) is 0 Å². The van der Waals surface area contributed by atoms with Crippen LogP contribution in [-0.4, -0.2) is 37.8 Å². The maximum absolute atomic E-state index is 12.2. The van der Waals surface area contributed by atoms with Gasteiger partial charge in [0.15, 0.2) is 0 Å². The summed E-state index contributed by atoms with van der Waals surface area (Å²) >= 11 is 0. The summed E-state index contributed by atoms with van der Waals surface area (Å²) in [6.07, 6.45) is 0. The normalized spacial score (nSPS) is 16.7. The Morgan fingerprint density at radius 1 is 1.24 bits per heavy atom. The van der Waals surface area contributed by atoms with Crippen LogP contribution in [0.2, 0.25) is 0 Å². The third-order valence-electron chi connectivity index (χ3n) is 3.05. The number of carbonyl (C=O) groups excluding carboxylic acids is 2. The molecule has 2 rings (SSSR count). The van der Waals surface area contributed by atoms with E-state index in [1.807, 2.05) is 0 Å². The Balaban J connectivity index is 2.10. The van der Waals surface area contributed by atoms with Crippen molar-refractivity contribution >= 4 is 21.9 Å². The van der Waals surface area contributed by atoms with Gasteiger partial charge in [-0.05, 0) is 32.9 Å². The van der Waals surface area contributed by atoms with E-state index in [0.717, 1.165) is 4.31 Å². The molecular formula is C14H17NO5S. The van der Waals surface area contributed by atoms with Crippen LogP contribution in [0.15, 0.2) is 29.2 Å². The van der Waals surface area contributed by atoms with Crippen LogP contribution in [-0.2, 0) is 19.6 Å². The Bertz CT molecular complexity index is 688. The fourth-order valence-corrected chi connectivity index (χ4v) is 3.44. The number of esters is 1. The Morgan fingerprint density at radius 2 is 1.86 bits per heavy atom. The Kier molecular flexibility index (Phi) is 3.79. The van der Waals surface area contributed by atoms with E-state index in [-0.39, 0.29) is 23.6 Å². The molecule has 1 amide bonds. The van der Waals surface area contributed by atoms with Gasteiger partial charge < -0.3 is 4.74 Å². The standard InChI is InChI=1S/C14H17NO5S/c1-14(2,3)13(17)20-9-8-15-12(16)10-6-4-5-7-11(10)21(15,18)19/h4-7H,8-9H2,1-3H3. The number of nitrogens with zero attached hydrogens (tertiary/aromatic N) is 1. The first-order chi connectivity index (χ1) is 9.65. The minimum Gasteiger partial charge on any atom is -0.463 e. The van der Waals surface area contributed by atoms with Crippen molar-refractivity contribution in [1.82, 2.24) is 4.31 Å². The number of amides is 1. The van der Waals surface area contributed by atoms with E-state index < -0.39 is 27.3 Å². The summed E-state index contributed by atoms with van der Waals surface area (Å²) in [7, 11) is -3.84. The fourth-order valence-electron chi connectivity index (χ4n) is 1.89. The van der Waals surface area contributed by atoms with Crippen molar-refractivity contribution in [2.75, 3.05) is 13.2 Å². The summed E-state index contributed by atoms with van der Waals surface area (Å²) in [5.74, 6) is -1.03. The molecule has 21 heavy (non-hydrogen) atoms. The lowest BCUT2D eigenvalue weighted by Crippen LogP contribution is -2.34. The zero-order valence-electron chi connectivity index (χ0n) is 12.1. The first-order valence-electron chi connectivity index (χ1n) is 6.49. The monoisotopic (exact) mass is 311 g/mol. The topological polar surface area (TPSA) is 80.8 Å². The Morgan fingerprint density at radius 3 is 2.43 bits per heavy atom. The van der Waals surface area contributed by atoms with Gasteiger partial charge in [-0.1, -0.05) is 12.1 Å². The van der Waals surface area contributed by atoms with E-state index in [1.54, 1.807) is 32.9 Å². The summed E-state index contributed by atoms with van der Waals surface area (Å²) in [6, 6.07) is 6.03. The van der Waals surface area contributed by atoms with Crippen molar-refractivity contribution in [3.05, 3.63) is 29.8 Å². The van der Waals surface area contributed by atoms with Crippen LogP contribution in [0.25, 0.3) is 0 Å². The van der Waals surface area contributed by atoms with Gasteiger partial charge in [-0.2, -0.15) is 0 Å². The molecule has 0 radical (unpaired) electrons. The largest absolute Gasteiger partial charge is 0.463 e. The van der Waals surface area contributed by atoms with Gasteiger partial charge >= 0.3 is 5.97 Å². The third-order valence-corrected chi connectivity index (χ3v) is 4.89. The van der Waals surface area contributed by atoms with E-state index in [2.05, 4.69) is 0 Å². The quantitative estimate of drug-likeness (QED) is 0.789. The van der Waals surface area contributed by atoms with E-state index in [1.165, 1.54) is 12.1 Å². The second-order valence-corrected chi connectivity index (χ2v) is 7.60. The molecule has 0 aromatic heterocycles. The zero-order chi connectivity index (χ0) is 15.8. The van der Waals surface area contributed by atoms with Crippen molar-refractivity contribution in [3.63, 3.8) is 0 Å². The average Bonchev–Trinajstić information content (AvgIpc) is 2.59. The number of hydrogen-bond donors (Lipinski definition) is 0. The molecule has 1 aromatic rings. The minimum atomic E-state index is -3.84. The van der Waals surface area contributed by atoms with Gasteiger partial charge in [0.1, 0.15) is 11.5 Å². The molecule has 114 valence electrons. The molecule has 1 aliphatic rings. The zero-order valence-corrected chi connectivity index (χ0v) is 12.9. The molecule has 1 heterocycles. The molecule has 1 aliphatic heterocycles. The van der Waals surface area contributed by atoms with Crippen LogP contribution in [0.3, 0.4) is 0 Å². The van der Waals surface area contributed by atoms with Gasteiger partial charge in [-0.25, -0.2) is 12.7 Å². The van der Waals surface area contributed by atoms with Crippen LogP contribution in [0.5, 0.6) is 0 Å². The molecule has 7 heteroatoms. The summed E-state index contributed by atoms with van der Waals surface area (Å²) in [5, 5.41) is 0. The fraction of sp³-hybridized carbons (Fsp3) is 0.429. The molecule has 6 nitrogen and oxygen atoms in total. The van der Waals surface area contributed by atoms with Gasteiger partial charge in [-0.3, -0.25) is 9.59 Å². The number of carbonyl (C=O) groups is 2. The molecule has 0 saturated heterocycles. The molecule has 0 bridgehead atoms. The van der Waals surface area contributed by atoms with Crippen molar-refractivity contribution in [1.29, 1.82) is 0 Å². The van der Waals surface area contributed by atoms with E-state index in [4.69, 9.17) is 4.74 Å². The summed E-state index contributed by atoms with van der Waals surface area (Å²) in [5.41, 5.74) is -0.517. The van der Waals surface area contributed by atoms with Gasteiger partial charge in [-0.15, -0.1) is 0 Å². The van der Waals surface area contributed by atoms with E-state index in [0.29, 0.717) is 0 Å². The predicted molar refractivity (Wildman–Crippen MR) is 75.1 cm³/mol. The molecule has 0 unspecified atom stereocenters. The Labute approximate surface area is 123 Å². The molecule has 0 aliphatic carbocycles. The number of rotatable bonds is 3. The van der Waals surface area contributed by atoms with Gasteiger partial charge in [0.05, 0.1) is 17.5 Å². The molecule has 1 aromatic carbocycles. The lowest BCUT2D eigenvalue weighted by molar-refractivity contribution is -0.152. The summed E-state index contributed by atoms with van der Waals surface area (Å²) in [6.45, 7) is 4.75. The lowest BCUT2D eigenvalue weighted by atomic mass is 9.97. The molecule has 0 atom stereocenters. The minimum absolute atomic E-state index is 0.00264. The molecule has 0 spiro atoms. The van der Waals surface area contributed by atoms with Crippen molar-refractivity contribution in [2.45, 2.75) is 25.7 Å². The number of fused-ring (bicyclic) bond motifs is 1. The van der Waals surface area contributed by atoms with Crippen molar-refractivity contribution < 1.29 is 22.7 Å². The van der Waals surface area contributed by atoms with E-state index >= 15 is 0 Å².